The first kappa shape index (κ1) is 25.4. The van der Waals surface area contributed by atoms with Gasteiger partial charge in [-0.05, 0) is 83.1 Å². The van der Waals surface area contributed by atoms with Gasteiger partial charge in [0.15, 0.2) is 5.11 Å². The number of anilines is 2. The standard InChI is InChI=1S/C26H26BrN3O3S/c1-3-4-15-33-23-14-13-18(17-22(23)27)24(31)29-26(34)28-20-10-8-9-19(16-20)25(32)30(2)21-11-6-5-7-12-21/h5-14,16-17H,3-4,15H2,1-2H3,(H2,28,29,31,34). The second kappa shape index (κ2) is 12.3. The van der Waals surface area contributed by atoms with E-state index in [9.17, 15) is 9.59 Å². The van der Waals surface area contributed by atoms with E-state index in [0.717, 1.165) is 18.5 Å². The van der Waals surface area contributed by atoms with Gasteiger partial charge in [0.05, 0.1) is 11.1 Å². The van der Waals surface area contributed by atoms with E-state index in [-0.39, 0.29) is 16.9 Å². The molecule has 0 aliphatic carbocycles. The van der Waals surface area contributed by atoms with Crippen molar-refractivity contribution in [3.05, 3.63) is 88.4 Å². The highest BCUT2D eigenvalue weighted by Gasteiger charge is 2.15. The van der Waals surface area contributed by atoms with E-state index in [1.54, 1.807) is 54.4 Å². The Bertz CT molecular complexity index is 1170. The molecule has 0 bridgehead atoms. The van der Waals surface area contributed by atoms with Crippen molar-refractivity contribution < 1.29 is 14.3 Å². The first-order valence-electron chi connectivity index (χ1n) is 10.9. The zero-order valence-corrected chi connectivity index (χ0v) is 21.4. The number of nitrogens with zero attached hydrogens (tertiary/aromatic N) is 1. The Morgan fingerprint density at radius 2 is 1.76 bits per heavy atom. The van der Waals surface area contributed by atoms with E-state index >= 15 is 0 Å². The molecule has 176 valence electrons. The summed E-state index contributed by atoms with van der Waals surface area (Å²) in [5.41, 5.74) is 2.32. The highest BCUT2D eigenvalue weighted by atomic mass is 79.9. The van der Waals surface area contributed by atoms with Crippen LogP contribution in [0.25, 0.3) is 0 Å². The molecule has 0 spiro atoms. The van der Waals surface area contributed by atoms with E-state index in [2.05, 4.69) is 33.5 Å². The number of benzene rings is 3. The SMILES string of the molecule is CCCCOc1ccc(C(=O)NC(=S)Nc2cccc(C(=O)N(C)c3ccccc3)c2)cc1Br. The van der Waals surface area contributed by atoms with Gasteiger partial charge in [-0.3, -0.25) is 14.9 Å². The molecule has 0 heterocycles. The molecule has 6 nitrogen and oxygen atoms in total. The number of halogens is 1. The first-order chi connectivity index (χ1) is 16.4. The van der Waals surface area contributed by atoms with Gasteiger partial charge in [-0.15, -0.1) is 0 Å². The van der Waals surface area contributed by atoms with Crippen molar-refractivity contribution in [3.8, 4) is 5.75 Å². The number of unbranched alkanes of at least 4 members (excludes halogenated alkanes) is 1. The van der Waals surface area contributed by atoms with Crippen molar-refractivity contribution in [1.29, 1.82) is 0 Å². The molecule has 0 radical (unpaired) electrons. The summed E-state index contributed by atoms with van der Waals surface area (Å²) in [7, 11) is 1.72. The molecule has 3 rings (SSSR count). The normalized spacial score (nSPS) is 10.3. The molecule has 2 amide bonds. The lowest BCUT2D eigenvalue weighted by Gasteiger charge is -2.18. The van der Waals surface area contributed by atoms with Crippen LogP contribution in [0, 0.1) is 0 Å². The van der Waals surface area contributed by atoms with Crippen LogP contribution in [0.5, 0.6) is 5.75 Å². The second-order valence-corrected chi connectivity index (χ2v) is 8.80. The largest absolute Gasteiger partial charge is 0.492 e. The molecule has 0 aliphatic rings. The number of hydrogen-bond donors (Lipinski definition) is 2. The molecule has 3 aromatic carbocycles. The van der Waals surface area contributed by atoms with Gasteiger partial charge < -0.3 is 15.0 Å². The summed E-state index contributed by atoms with van der Waals surface area (Å²) in [6.45, 7) is 2.72. The van der Waals surface area contributed by atoms with Crippen LogP contribution in [-0.2, 0) is 0 Å². The average Bonchev–Trinajstić information content (AvgIpc) is 2.84. The summed E-state index contributed by atoms with van der Waals surface area (Å²) in [6, 6.07) is 21.5. The minimum atomic E-state index is -0.352. The van der Waals surface area contributed by atoms with Gasteiger partial charge in [-0.25, -0.2) is 0 Å². The van der Waals surface area contributed by atoms with Crippen LogP contribution < -0.4 is 20.3 Å². The number of ether oxygens (including phenoxy) is 1. The number of carbonyl (C=O) groups is 2. The van der Waals surface area contributed by atoms with E-state index in [1.165, 1.54) is 0 Å². The molecule has 0 unspecified atom stereocenters. The third kappa shape index (κ3) is 6.88. The quantitative estimate of drug-likeness (QED) is 0.270. The zero-order chi connectivity index (χ0) is 24.5. The molecule has 0 fully saturated rings. The summed E-state index contributed by atoms with van der Waals surface area (Å²) in [4.78, 5) is 27.1. The van der Waals surface area contributed by atoms with Crippen LogP contribution in [0.2, 0.25) is 0 Å². The molecule has 0 atom stereocenters. The molecule has 0 saturated carbocycles. The van der Waals surface area contributed by atoms with Crippen molar-refractivity contribution in [2.45, 2.75) is 19.8 Å². The maximum Gasteiger partial charge on any atom is 0.258 e. The number of amides is 2. The van der Waals surface area contributed by atoms with Crippen molar-refractivity contribution in [3.63, 3.8) is 0 Å². The second-order valence-electron chi connectivity index (χ2n) is 7.54. The van der Waals surface area contributed by atoms with E-state index in [4.69, 9.17) is 17.0 Å². The van der Waals surface area contributed by atoms with Gasteiger partial charge in [-0.1, -0.05) is 37.6 Å². The van der Waals surface area contributed by atoms with E-state index < -0.39 is 0 Å². The van der Waals surface area contributed by atoms with E-state index in [0.29, 0.717) is 33.6 Å². The fourth-order valence-corrected chi connectivity index (χ4v) is 3.82. The third-order valence-corrected chi connectivity index (χ3v) is 5.82. The van der Waals surface area contributed by atoms with E-state index in [1.807, 2.05) is 30.3 Å². The van der Waals surface area contributed by atoms with Crippen molar-refractivity contribution >= 4 is 56.4 Å². The van der Waals surface area contributed by atoms with Gasteiger partial charge >= 0.3 is 0 Å². The van der Waals surface area contributed by atoms with Gasteiger partial charge in [0, 0.05) is 29.5 Å². The summed E-state index contributed by atoms with van der Waals surface area (Å²) >= 11 is 8.75. The lowest BCUT2D eigenvalue weighted by atomic mass is 10.1. The Kier molecular flexibility index (Phi) is 9.18. The van der Waals surface area contributed by atoms with Crippen molar-refractivity contribution in [2.75, 3.05) is 23.9 Å². The zero-order valence-electron chi connectivity index (χ0n) is 19.0. The summed E-state index contributed by atoms with van der Waals surface area (Å²) in [6.07, 6.45) is 2.01. The lowest BCUT2D eigenvalue weighted by molar-refractivity contribution is 0.0974. The molecule has 34 heavy (non-hydrogen) atoms. The third-order valence-electron chi connectivity index (χ3n) is 4.99. The minimum absolute atomic E-state index is 0.130. The van der Waals surface area contributed by atoms with Gasteiger partial charge in [0.25, 0.3) is 11.8 Å². The average molecular weight is 540 g/mol. The Labute approximate surface area is 213 Å². The maximum atomic E-state index is 12.9. The highest BCUT2D eigenvalue weighted by Crippen LogP contribution is 2.26. The Hall–Kier alpha value is -3.23. The number of rotatable bonds is 8. The highest BCUT2D eigenvalue weighted by molar-refractivity contribution is 9.10. The van der Waals surface area contributed by atoms with Crippen molar-refractivity contribution in [1.82, 2.24) is 5.32 Å². The molecule has 2 N–H and O–H groups in total. The molecule has 0 aliphatic heterocycles. The molecule has 0 aromatic heterocycles. The van der Waals surface area contributed by atoms with Gasteiger partial charge in [0.1, 0.15) is 5.75 Å². The Morgan fingerprint density at radius 1 is 1.00 bits per heavy atom. The minimum Gasteiger partial charge on any atom is -0.492 e. The fraction of sp³-hybridized carbons (Fsp3) is 0.192. The number of carbonyl (C=O) groups excluding carboxylic acids is 2. The summed E-state index contributed by atoms with van der Waals surface area (Å²) in [5, 5.41) is 5.76. The van der Waals surface area contributed by atoms with Crippen LogP contribution in [0.4, 0.5) is 11.4 Å². The van der Waals surface area contributed by atoms with Gasteiger partial charge in [0.2, 0.25) is 0 Å². The molecular formula is C26H26BrN3O3S. The van der Waals surface area contributed by atoms with Crippen molar-refractivity contribution in [2.24, 2.45) is 0 Å². The Balaban J connectivity index is 1.61. The number of hydrogen-bond acceptors (Lipinski definition) is 4. The lowest BCUT2D eigenvalue weighted by Crippen LogP contribution is -2.34. The molecule has 8 heteroatoms. The molecule has 0 saturated heterocycles. The number of nitrogens with one attached hydrogen (secondary N) is 2. The van der Waals surface area contributed by atoms with Crippen LogP contribution in [0.1, 0.15) is 40.5 Å². The topological polar surface area (TPSA) is 70.7 Å². The summed E-state index contributed by atoms with van der Waals surface area (Å²) in [5.74, 6) is 0.179. The van der Waals surface area contributed by atoms with Crippen LogP contribution >= 0.6 is 28.1 Å². The first-order valence-corrected chi connectivity index (χ1v) is 12.1. The Morgan fingerprint density at radius 3 is 2.47 bits per heavy atom. The smallest absolute Gasteiger partial charge is 0.258 e. The molecular weight excluding hydrogens is 514 g/mol. The number of para-hydroxylation sites is 1. The van der Waals surface area contributed by atoms with Gasteiger partial charge in [-0.2, -0.15) is 0 Å². The summed E-state index contributed by atoms with van der Waals surface area (Å²) < 4.78 is 6.40. The number of thiocarbonyl (C=S) groups is 1. The molecule has 3 aromatic rings. The van der Waals surface area contributed by atoms with Crippen LogP contribution in [-0.4, -0.2) is 30.6 Å². The predicted octanol–water partition coefficient (Wildman–Crippen LogP) is 6.03. The monoisotopic (exact) mass is 539 g/mol. The van der Waals surface area contributed by atoms with Crippen LogP contribution in [0.15, 0.2) is 77.3 Å². The fourth-order valence-electron chi connectivity index (χ4n) is 3.12. The maximum absolute atomic E-state index is 12.9. The predicted molar refractivity (Wildman–Crippen MR) is 144 cm³/mol. The van der Waals surface area contributed by atoms with Crippen LogP contribution in [0.3, 0.4) is 0 Å².